The first-order valence-electron chi connectivity index (χ1n) is 9.38. The first kappa shape index (κ1) is 20.4. The average molecular weight is 400 g/mol. The molecule has 3 N–H and O–H groups in total. The molecule has 7 heteroatoms. The SMILES string of the molecule is CSNc1cc(F)cc(C2CCN(C/C(=C/Nc3ccccc3)N=N)CC2)c1. The molecule has 28 heavy (non-hydrogen) atoms. The molecule has 5 nitrogen and oxygen atoms in total. The zero-order chi connectivity index (χ0) is 19.8. The van der Waals surface area contributed by atoms with Gasteiger partial charge in [-0.2, -0.15) is 5.11 Å². The predicted molar refractivity (Wildman–Crippen MR) is 115 cm³/mol. The van der Waals surface area contributed by atoms with Crippen molar-refractivity contribution in [3.05, 3.63) is 71.8 Å². The molecular formula is C21H26FN5S. The van der Waals surface area contributed by atoms with Crippen LogP contribution in [0.25, 0.3) is 0 Å². The van der Waals surface area contributed by atoms with Gasteiger partial charge in [0.1, 0.15) is 5.82 Å². The molecule has 0 spiro atoms. The molecule has 0 bridgehead atoms. The van der Waals surface area contributed by atoms with Gasteiger partial charge in [0, 0.05) is 30.4 Å². The summed E-state index contributed by atoms with van der Waals surface area (Å²) < 4.78 is 17.0. The summed E-state index contributed by atoms with van der Waals surface area (Å²) in [6.45, 7) is 2.45. The van der Waals surface area contributed by atoms with Gasteiger partial charge in [0.25, 0.3) is 0 Å². The number of anilines is 2. The van der Waals surface area contributed by atoms with E-state index in [1.807, 2.05) is 42.7 Å². The number of hydrogen-bond acceptors (Lipinski definition) is 6. The number of nitrogens with zero attached hydrogens (tertiary/aromatic N) is 2. The highest BCUT2D eigenvalue weighted by Gasteiger charge is 2.22. The monoisotopic (exact) mass is 399 g/mol. The molecular weight excluding hydrogens is 373 g/mol. The standard InChI is InChI=1S/C21H26FN5S/c1-28-26-20-12-17(11-18(22)13-20)16-7-9-27(10-8-16)15-21(25-23)14-24-19-5-3-2-4-6-19/h2-6,11-14,16,23-24,26H,7-10,15H2,1H3/b21-14-,25-23?. The summed E-state index contributed by atoms with van der Waals surface area (Å²) >= 11 is 1.47. The van der Waals surface area contributed by atoms with Gasteiger partial charge >= 0.3 is 0 Å². The van der Waals surface area contributed by atoms with E-state index in [4.69, 9.17) is 5.53 Å². The number of halogens is 1. The van der Waals surface area contributed by atoms with E-state index in [-0.39, 0.29) is 5.82 Å². The van der Waals surface area contributed by atoms with Gasteiger partial charge in [0.05, 0.1) is 5.70 Å². The molecule has 2 aromatic carbocycles. The maximum atomic E-state index is 13.9. The zero-order valence-corrected chi connectivity index (χ0v) is 16.8. The van der Waals surface area contributed by atoms with Crippen LogP contribution in [0.2, 0.25) is 0 Å². The van der Waals surface area contributed by atoms with Crippen molar-refractivity contribution >= 4 is 23.3 Å². The van der Waals surface area contributed by atoms with Crippen LogP contribution < -0.4 is 10.0 Å². The third-order valence-corrected chi connectivity index (χ3v) is 5.35. The summed E-state index contributed by atoms with van der Waals surface area (Å²) in [5.41, 5.74) is 11.0. The second kappa shape index (κ2) is 10.2. The number of likely N-dealkylation sites (tertiary alicyclic amines) is 1. The van der Waals surface area contributed by atoms with Gasteiger partial charge in [-0.3, -0.25) is 4.90 Å². The van der Waals surface area contributed by atoms with Gasteiger partial charge in [0.2, 0.25) is 0 Å². The average Bonchev–Trinajstić information content (AvgIpc) is 2.72. The van der Waals surface area contributed by atoms with Gasteiger partial charge < -0.3 is 10.0 Å². The highest BCUT2D eigenvalue weighted by molar-refractivity contribution is 7.99. The van der Waals surface area contributed by atoms with Crippen LogP contribution in [0.3, 0.4) is 0 Å². The second-order valence-corrected chi connectivity index (χ2v) is 7.50. The number of hydrogen-bond donors (Lipinski definition) is 3. The van der Waals surface area contributed by atoms with E-state index < -0.39 is 0 Å². The van der Waals surface area contributed by atoms with E-state index in [0.29, 0.717) is 18.2 Å². The van der Waals surface area contributed by atoms with Gasteiger partial charge in [-0.1, -0.05) is 30.1 Å². The number of piperidine rings is 1. The summed E-state index contributed by atoms with van der Waals surface area (Å²) in [6.07, 6.45) is 5.67. The molecule has 2 aromatic rings. The highest BCUT2D eigenvalue weighted by atomic mass is 32.2. The fraction of sp³-hybridized carbons (Fsp3) is 0.333. The number of nitrogens with one attached hydrogen (secondary N) is 3. The minimum atomic E-state index is -0.193. The van der Waals surface area contributed by atoms with Crippen molar-refractivity contribution in [1.82, 2.24) is 4.90 Å². The van der Waals surface area contributed by atoms with Crippen molar-refractivity contribution in [2.24, 2.45) is 5.11 Å². The highest BCUT2D eigenvalue weighted by Crippen LogP contribution is 2.31. The Balaban J connectivity index is 1.55. The van der Waals surface area contributed by atoms with Gasteiger partial charge in [0.15, 0.2) is 0 Å². The summed E-state index contributed by atoms with van der Waals surface area (Å²) in [4.78, 5) is 2.30. The molecule has 0 atom stereocenters. The molecule has 0 aromatic heterocycles. The van der Waals surface area contributed by atoms with E-state index >= 15 is 0 Å². The van der Waals surface area contributed by atoms with E-state index in [2.05, 4.69) is 20.1 Å². The Morgan fingerprint density at radius 1 is 1.21 bits per heavy atom. The van der Waals surface area contributed by atoms with Crippen molar-refractivity contribution in [2.75, 3.05) is 35.9 Å². The first-order chi connectivity index (χ1) is 13.7. The Morgan fingerprint density at radius 3 is 2.64 bits per heavy atom. The van der Waals surface area contributed by atoms with Crippen molar-refractivity contribution < 1.29 is 4.39 Å². The summed E-state index contributed by atoms with van der Waals surface area (Å²) in [5, 5.41) is 6.86. The summed E-state index contributed by atoms with van der Waals surface area (Å²) in [7, 11) is 0. The molecule has 1 aliphatic heterocycles. The van der Waals surface area contributed by atoms with Crippen LogP contribution in [0, 0.1) is 11.3 Å². The molecule has 1 heterocycles. The molecule has 0 unspecified atom stereocenters. The fourth-order valence-corrected chi connectivity index (χ4v) is 3.85. The Morgan fingerprint density at radius 2 is 1.96 bits per heavy atom. The summed E-state index contributed by atoms with van der Waals surface area (Å²) in [5.74, 6) is 0.166. The molecule has 148 valence electrons. The molecule has 0 saturated carbocycles. The van der Waals surface area contributed by atoms with Crippen molar-refractivity contribution in [3.8, 4) is 0 Å². The lowest BCUT2D eigenvalue weighted by atomic mass is 9.89. The van der Waals surface area contributed by atoms with E-state index in [1.54, 1.807) is 12.3 Å². The van der Waals surface area contributed by atoms with Crippen molar-refractivity contribution in [1.29, 1.82) is 5.53 Å². The predicted octanol–water partition coefficient (Wildman–Crippen LogP) is 5.68. The Hall–Kier alpha value is -2.38. The normalized spacial score (nSPS) is 16.0. The third kappa shape index (κ3) is 5.81. The van der Waals surface area contributed by atoms with Crippen LogP contribution in [0.15, 0.2) is 65.5 Å². The first-order valence-corrected chi connectivity index (χ1v) is 10.6. The molecule has 1 saturated heterocycles. The maximum Gasteiger partial charge on any atom is 0.125 e. The maximum absolute atomic E-state index is 13.9. The Kier molecular flexibility index (Phi) is 7.45. The van der Waals surface area contributed by atoms with Crippen molar-refractivity contribution in [2.45, 2.75) is 18.8 Å². The largest absolute Gasteiger partial charge is 0.360 e. The van der Waals surface area contributed by atoms with E-state index in [1.165, 1.54) is 18.0 Å². The molecule has 0 amide bonds. The lowest BCUT2D eigenvalue weighted by Crippen LogP contribution is -2.34. The molecule has 3 rings (SSSR count). The topological polar surface area (TPSA) is 63.5 Å². The minimum absolute atomic E-state index is 0.193. The minimum Gasteiger partial charge on any atom is -0.360 e. The number of rotatable bonds is 8. The van der Waals surface area contributed by atoms with Crippen LogP contribution in [-0.2, 0) is 0 Å². The smallest absolute Gasteiger partial charge is 0.125 e. The lowest BCUT2D eigenvalue weighted by molar-refractivity contribution is 0.227. The van der Waals surface area contributed by atoms with Gasteiger partial charge in [-0.15, -0.1) is 0 Å². The molecule has 0 radical (unpaired) electrons. The van der Waals surface area contributed by atoms with Crippen LogP contribution in [-0.4, -0.2) is 30.8 Å². The van der Waals surface area contributed by atoms with Crippen LogP contribution in [0.1, 0.15) is 24.3 Å². The molecule has 0 aliphatic carbocycles. The van der Waals surface area contributed by atoms with E-state index in [0.717, 1.165) is 42.9 Å². The third-order valence-electron chi connectivity index (χ3n) is 4.91. The number of para-hydroxylation sites is 1. The van der Waals surface area contributed by atoms with Crippen LogP contribution >= 0.6 is 11.9 Å². The van der Waals surface area contributed by atoms with Gasteiger partial charge in [-0.05, 0) is 67.7 Å². The Bertz CT molecular complexity index is 804. The lowest BCUT2D eigenvalue weighted by Gasteiger charge is -2.32. The van der Waals surface area contributed by atoms with E-state index in [9.17, 15) is 4.39 Å². The zero-order valence-electron chi connectivity index (χ0n) is 16.0. The van der Waals surface area contributed by atoms with Crippen LogP contribution in [0.5, 0.6) is 0 Å². The quantitative estimate of drug-likeness (QED) is 0.395. The second-order valence-electron chi connectivity index (χ2n) is 6.89. The number of benzene rings is 2. The van der Waals surface area contributed by atoms with Gasteiger partial charge in [-0.25, -0.2) is 9.92 Å². The van der Waals surface area contributed by atoms with Crippen LogP contribution in [0.4, 0.5) is 15.8 Å². The summed E-state index contributed by atoms with van der Waals surface area (Å²) in [6, 6.07) is 15.1. The van der Waals surface area contributed by atoms with Crippen molar-refractivity contribution in [3.63, 3.8) is 0 Å². The Labute approximate surface area is 170 Å². The molecule has 1 fully saturated rings. The molecule has 1 aliphatic rings. The fourth-order valence-electron chi connectivity index (χ4n) is 3.49.